The summed E-state index contributed by atoms with van der Waals surface area (Å²) in [4.78, 5) is 0.166. The number of anilines is 2. The molecule has 0 radical (unpaired) electrons. The van der Waals surface area contributed by atoms with Crippen molar-refractivity contribution in [3.8, 4) is 0 Å². The minimum absolute atomic E-state index is 0.0741. The molecule has 7 heteroatoms. The van der Waals surface area contributed by atoms with Gasteiger partial charge in [0.1, 0.15) is 4.99 Å². The standard InChI is InChI=1S/C14H10ClF3N2S/c15-10-7-8(13(19)21)5-6-12(10)20-11-4-2-1-3-9(11)14(16,17)18/h1-7,20H,(H2,19,21). The van der Waals surface area contributed by atoms with Crippen molar-refractivity contribution >= 4 is 40.2 Å². The highest BCUT2D eigenvalue weighted by molar-refractivity contribution is 7.80. The number of nitrogens with two attached hydrogens (primary N) is 1. The summed E-state index contributed by atoms with van der Waals surface area (Å²) in [7, 11) is 0. The molecular formula is C14H10ClF3N2S. The zero-order valence-electron chi connectivity index (χ0n) is 10.5. The van der Waals surface area contributed by atoms with Crippen molar-refractivity contribution in [2.45, 2.75) is 6.18 Å². The van der Waals surface area contributed by atoms with Crippen molar-refractivity contribution in [2.24, 2.45) is 5.73 Å². The van der Waals surface area contributed by atoms with Crippen LogP contribution in [0.4, 0.5) is 24.5 Å². The summed E-state index contributed by atoms with van der Waals surface area (Å²) in [5.41, 5.74) is 5.52. The molecule has 0 saturated carbocycles. The third-order valence-electron chi connectivity index (χ3n) is 2.76. The Hall–Kier alpha value is -1.79. The molecule has 0 aliphatic heterocycles. The summed E-state index contributed by atoms with van der Waals surface area (Å²) in [6.07, 6.45) is -4.45. The molecule has 0 heterocycles. The van der Waals surface area contributed by atoms with Crippen LogP contribution in [0, 0.1) is 0 Å². The molecule has 0 atom stereocenters. The molecule has 0 fully saturated rings. The number of hydrogen-bond donors (Lipinski definition) is 2. The Morgan fingerprint density at radius 2 is 1.76 bits per heavy atom. The number of rotatable bonds is 3. The molecule has 2 aromatic carbocycles. The SMILES string of the molecule is NC(=S)c1ccc(Nc2ccccc2C(F)(F)F)c(Cl)c1. The van der Waals surface area contributed by atoms with Gasteiger partial charge >= 0.3 is 6.18 Å². The fraction of sp³-hybridized carbons (Fsp3) is 0.0714. The van der Waals surface area contributed by atoms with Crippen LogP contribution in [0.2, 0.25) is 5.02 Å². The van der Waals surface area contributed by atoms with Crippen molar-refractivity contribution in [3.63, 3.8) is 0 Å². The molecule has 2 aromatic rings. The van der Waals surface area contributed by atoms with Crippen LogP contribution in [-0.2, 0) is 6.18 Å². The Morgan fingerprint density at radius 1 is 1.10 bits per heavy atom. The average molecular weight is 331 g/mol. The van der Waals surface area contributed by atoms with E-state index in [1.807, 2.05) is 0 Å². The van der Waals surface area contributed by atoms with Gasteiger partial charge in [-0.25, -0.2) is 0 Å². The van der Waals surface area contributed by atoms with Crippen molar-refractivity contribution in [3.05, 3.63) is 58.6 Å². The highest BCUT2D eigenvalue weighted by Gasteiger charge is 2.33. The third-order valence-corrected chi connectivity index (χ3v) is 3.30. The lowest BCUT2D eigenvalue weighted by atomic mass is 10.1. The van der Waals surface area contributed by atoms with Gasteiger partial charge in [0.15, 0.2) is 0 Å². The highest BCUT2D eigenvalue weighted by atomic mass is 35.5. The minimum atomic E-state index is -4.45. The molecule has 3 N–H and O–H groups in total. The first-order valence-electron chi connectivity index (χ1n) is 5.81. The molecule has 2 nitrogen and oxygen atoms in total. The van der Waals surface area contributed by atoms with E-state index in [0.29, 0.717) is 11.3 Å². The second kappa shape index (κ2) is 5.91. The molecule has 21 heavy (non-hydrogen) atoms. The number of nitrogens with one attached hydrogen (secondary N) is 1. The van der Waals surface area contributed by atoms with Crippen molar-refractivity contribution in [1.82, 2.24) is 0 Å². The van der Waals surface area contributed by atoms with Crippen LogP contribution in [0.5, 0.6) is 0 Å². The van der Waals surface area contributed by atoms with E-state index in [0.717, 1.165) is 6.07 Å². The third kappa shape index (κ3) is 3.65. The van der Waals surface area contributed by atoms with E-state index in [1.165, 1.54) is 30.3 Å². The number of halogens is 4. The van der Waals surface area contributed by atoms with Gasteiger partial charge < -0.3 is 11.1 Å². The fourth-order valence-electron chi connectivity index (χ4n) is 1.75. The molecule has 0 aliphatic rings. The topological polar surface area (TPSA) is 38.0 Å². The summed E-state index contributed by atoms with van der Waals surface area (Å²) < 4.78 is 38.7. The van der Waals surface area contributed by atoms with Gasteiger partial charge in [-0.05, 0) is 30.3 Å². The molecule has 110 valence electrons. The predicted molar refractivity (Wildman–Crippen MR) is 82.1 cm³/mol. The normalized spacial score (nSPS) is 11.2. The fourth-order valence-corrected chi connectivity index (χ4v) is 2.11. The van der Waals surface area contributed by atoms with Crippen LogP contribution in [0.1, 0.15) is 11.1 Å². The summed E-state index contributed by atoms with van der Waals surface area (Å²) in [5, 5.41) is 2.91. The van der Waals surface area contributed by atoms with Crippen LogP contribution in [0.3, 0.4) is 0 Å². The molecule has 0 bridgehead atoms. The highest BCUT2D eigenvalue weighted by Crippen LogP contribution is 2.37. The van der Waals surface area contributed by atoms with Crippen molar-refractivity contribution < 1.29 is 13.2 Å². The maximum absolute atomic E-state index is 12.9. The van der Waals surface area contributed by atoms with Gasteiger partial charge in [-0.3, -0.25) is 0 Å². The van der Waals surface area contributed by atoms with Gasteiger partial charge in [0, 0.05) is 5.56 Å². The van der Waals surface area contributed by atoms with Gasteiger partial charge in [0.05, 0.1) is 22.0 Å². The van der Waals surface area contributed by atoms with Crippen LogP contribution in [0.25, 0.3) is 0 Å². The Kier molecular flexibility index (Phi) is 4.39. The van der Waals surface area contributed by atoms with Gasteiger partial charge in [0.2, 0.25) is 0 Å². The van der Waals surface area contributed by atoms with Gasteiger partial charge in [-0.2, -0.15) is 13.2 Å². The molecule has 0 aromatic heterocycles. The van der Waals surface area contributed by atoms with E-state index in [-0.39, 0.29) is 15.7 Å². The molecule has 0 unspecified atom stereocenters. The Balaban J connectivity index is 2.38. The van der Waals surface area contributed by atoms with E-state index in [2.05, 4.69) is 5.32 Å². The smallest absolute Gasteiger partial charge is 0.389 e. The lowest BCUT2D eigenvalue weighted by Gasteiger charge is -2.15. The van der Waals surface area contributed by atoms with Gasteiger partial charge in [-0.1, -0.05) is 36.0 Å². The van der Waals surface area contributed by atoms with E-state index in [4.69, 9.17) is 29.6 Å². The van der Waals surface area contributed by atoms with Crippen LogP contribution in [-0.4, -0.2) is 4.99 Å². The minimum Gasteiger partial charge on any atom is -0.389 e. The van der Waals surface area contributed by atoms with E-state index < -0.39 is 11.7 Å². The van der Waals surface area contributed by atoms with E-state index >= 15 is 0 Å². The largest absolute Gasteiger partial charge is 0.418 e. The quantitative estimate of drug-likeness (QED) is 0.798. The van der Waals surface area contributed by atoms with Gasteiger partial charge in [0.25, 0.3) is 0 Å². The number of alkyl halides is 3. The Labute approximate surface area is 129 Å². The lowest BCUT2D eigenvalue weighted by Crippen LogP contribution is -2.10. The first-order chi connectivity index (χ1) is 9.79. The second-order valence-electron chi connectivity index (χ2n) is 4.23. The maximum Gasteiger partial charge on any atom is 0.418 e. The molecule has 0 spiro atoms. The first kappa shape index (κ1) is 15.6. The maximum atomic E-state index is 12.9. The van der Waals surface area contributed by atoms with Crippen molar-refractivity contribution in [2.75, 3.05) is 5.32 Å². The summed E-state index contributed by atoms with van der Waals surface area (Å²) in [6.45, 7) is 0. The monoisotopic (exact) mass is 330 g/mol. The van der Waals surface area contributed by atoms with E-state index in [9.17, 15) is 13.2 Å². The van der Waals surface area contributed by atoms with Crippen molar-refractivity contribution in [1.29, 1.82) is 0 Å². The Bertz CT molecular complexity index is 686. The molecule has 0 aliphatic carbocycles. The number of hydrogen-bond acceptors (Lipinski definition) is 2. The second-order valence-corrected chi connectivity index (χ2v) is 5.07. The summed E-state index contributed by atoms with van der Waals surface area (Å²) in [5.74, 6) is 0. The Morgan fingerprint density at radius 3 is 2.33 bits per heavy atom. The van der Waals surface area contributed by atoms with E-state index in [1.54, 1.807) is 6.07 Å². The van der Waals surface area contributed by atoms with Crippen LogP contribution in [0.15, 0.2) is 42.5 Å². The predicted octanol–water partition coefficient (Wildman–Crippen LogP) is 4.74. The van der Waals surface area contributed by atoms with Gasteiger partial charge in [-0.15, -0.1) is 0 Å². The zero-order chi connectivity index (χ0) is 15.6. The lowest BCUT2D eigenvalue weighted by molar-refractivity contribution is -0.136. The molecular weight excluding hydrogens is 321 g/mol. The number of benzene rings is 2. The van der Waals surface area contributed by atoms with Crippen LogP contribution < -0.4 is 11.1 Å². The number of para-hydroxylation sites is 1. The average Bonchev–Trinajstić information content (AvgIpc) is 2.40. The summed E-state index contributed by atoms with van der Waals surface area (Å²) in [6, 6.07) is 9.79. The molecule has 2 rings (SSSR count). The molecule has 0 amide bonds. The molecule has 0 saturated heterocycles. The zero-order valence-corrected chi connectivity index (χ0v) is 12.1. The summed E-state index contributed by atoms with van der Waals surface area (Å²) >= 11 is 10.8. The van der Waals surface area contributed by atoms with Crippen LogP contribution >= 0.6 is 23.8 Å². The first-order valence-corrected chi connectivity index (χ1v) is 6.60. The number of thiocarbonyl (C=S) groups is 1.